The summed E-state index contributed by atoms with van der Waals surface area (Å²) in [6.45, 7) is 3.08. The topological polar surface area (TPSA) is 82.3 Å². The largest absolute Gasteiger partial charge is 0.348 e. The number of nitrogens with one attached hydrogen (secondary N) is 4. The van der Waals surface area contributed by atoms with Crippen molar-refractivity contribution < 1.29 is 9.59 Å². The van der Waals surface area contributed by atoms with Gasteiger partial charge in [0.1, 0.15) is 0 Å². The van der Waals surface area contributed by atoms with E-state index in [1.54, 1.807) is 24.3 Å². The Balaban J connectivity index is 0.00000261. The molecular weight excluding hydrogens is 364 g/mol. The van der Waals surface area contributed by atoms with Crippen LogP contribution in [-0.2, 0) is 0 Å². The average Bonchev–Trinajstić information content (AvgIpc) is 2.65. The predicted octanol–water partition coefficient (Wildman–Crippen LogP) is 3.62. The Morgan fingerprint density at radius 2 is 1.59 bits per heavy atom. The first-order valence-electron chi connectivity index (χ1n) is 8.89. The van der Waals surface area contributed by atoms with Crippen LogP contribution in [0.2, 0.25) is 0 Å². The summed E-state index contributed by atoms with van der Waals surface area (Å²) in [5.41, 5.74) is 1.93. The molecule has 4 N–H and O–H groups in total. The number of halogens is 1. The van der Waals surface area contributed by atoms with E-state index in [0.717, 1.165) is 25.1 Å². The maximum absolute atomic E-state index is 12.4. The van der Waals surface area contributed by atoms with Crippen LogP contribution in [0.4, 0.5) is 16.2 Å². The smallest absolute Gasteiger partial charge is 0.323 e. The monoisotopic (exact) mass is 388 g/mol. The minimum Gasteiger partial charge on any atom is -0.348 e. The Kier molecular flexibility index (Phi) is 7.64. The second-order valence-electron chi connectivity index (χ2n) is 6.49. The highest BCUT2D eigenvalue weighted by molar-refractivity contribution is 6.00. The minimum atomic E-state index is -0.324. The first-order valence-corrected chi connectivity index (χ1v) is 8.89. The lowest BCUT2D eigenvalue weighted by atomic mass is 9.99. The molecule has 1 heterocycles. The van der Waals surface area contributed by atoms with Crippen molar-refractivity contribution in [2.24, 2.45) is 0 Å². The van der Waals surface area contributed by atoms with Gasteiger partial charge < -0.3 is 21.3 Å². The lowest BCUT2D eigenvalue weighted by Crippen LogP contribution is -2.51. The SMILES string of the molecule is CC1NCCCC1NC(=O)c1ccc(NC(=O)Nc2ccccc2)cc1.Cl. The molecular formula is C20H25ClN4O2. The van der Waals surface area contributed by atoms with Crippen molar-refractivity contribution in [1.29, 1.82) is 0 Å². The fourth-order valence-corrected chi connectivity index (χ4v) is 3.01. The number of carbonyl (C=O) groups excluding carboxylic acids is 2. The number of urea groups is 1. The molecule has 2 unspecified atom stereocenters. The van der Waals surface area contributed by atoms with Gasteiger partial charge in [-0.15, -0.1) is 12.4 Å². The van der Waals surface area contributed by atoms with Gasteiger partial charge >= 0.3 is 6.03 Å². The highest BCUT2D eigenvalue weighted by Crippen LogP contribution is 2.13. The molecule has 7 heteroatoms. The van der Waals surface area contributed by atoms with E-state index in [2.05, 4.69) is 28.2 Å². The van der Waals surface area contributed by atoms with Crippen LogP contribution in [0.5, 0.6) is 0 Å². The summed E-state index contributed by atoms with van der Waals surface area (Å²) in [4.78, 5) is 24.4. The van der Waals surface area contributed by atoms with Crippen molar-refractivity contribution in [3.8, 4) is 0 Å². The highest BCUT2D eigenvalue weighted by atomic mass is 35.5. The molecule has 1 aliphatic rings. The maximum Gasteiger partial charge on any atom is 0.323 e. The third-order valence-electron chi connectivity index (χ3n) is 4.51. The van der Waals surface area contributed by atoms with Crippen LogP contribution in [0, 0.1) is 0 Å². The molecule has 0 saturated carbocycles. The predicted molar refractivity (Wildman–Crippen MR) is 111 cm³/mol. The molecule has 144 valence electrons. The molecule has 27 heavy (non-hydrogen) atoms. The normalized spacial score (nSPS) is 18.7. The number of benzene rings is 2. The molecule has 2 aromatic carbocycles. The number of anilines is 2. The quantitative estimate of drug-likeness (QED) is 0.645. The Morgan fingerprint density at radius 3 is 2.22 bits per heavy atom. The van der Waals surface area contributed by atoms with Gasteiger partial charge in [0.15, 0.2) is 0 Å². The Morgan fingerprint density at radius 1 is 0.963 bits per heavy atom. The molecule has 2 atom stereocenters. The molecule has 1 fully saturated rings. The van der Waals surface area contributed by atoms with E-state index in [1.807, 2.05) is 30.3 Å². The standard InChI is InChI=1S/C20H24N4O2.ClH/c1-14-18(8-5-13-21-14)24-19(25)15-9-11-17(12-10-15)23-20(26)22-16-6-3-2-4-7-16;/h2-4,6-7,9-12,14,18,21H,5,8,13H2,1H3,(H,24,25)(H2,22,23,26);1H. The molecule has 6 nitrogen and oxygen atoms in total. The maximum atomic E-state index is 12.4. The molecule has 0 radical (unpaired) electrons. The fraction of sp³-hybridized carbons (Fsp3) is 0.300. The van der Waals surface area contributed by atoms with E-state index < -0.39 is 0 Å². The van der Waals surface area contributed by atoms with Gasteiger partial charge in [-0.05, 0) is 62.7 Å². The zero-order valence-corrected chi connectivity index (χ0v) is 16.0. The van der Waals surface area contributed by atoms with E-state index in [4.69, 9.17) is 0 Å². The van der Waals surface area contributed by atoms with E-state index in [-0.39, 0.29) is 36.4 Å². The molecule has 3 amide bonds. The van der Waals surface area contributed by atoms with E-state index >= 15 is 0 Å². The van der Waals surface area contributed by atoms with Crippen molar-refractivity contribution in [2.45, 2.75) is 31.8 Å². The Hall–Kier alpha value is -2.57. The van der Waals surface area contributed by atoms with Crippen LogP contribution in [0.3, 0.4) is 0 Å². The van der Waals surface area contributed by atoms with Gasteiger partial charge in [0.05, 0.1) is 0 Å². The van der Waals surface area contributed by atoms with Crippen molar-refractivity contribution in [2.75, 3.05) is 17.2 Å². The van der Waals surface area contributed by atoms with Crippen LogP contribution in [-0.4, -0.2) is 30.6 Å². The Labute approximate surface area is 165 Å². The summed E-state index contributed by atoms with van der Waals surface area (Å²) in [5, 5.41) is 12.0. The van der Waals surface area contributed by atoms with Gasteiger partial charge in [-0.2, -0.15) is 0 Å². The van der Waals surface area contributed by atoms with Crippen LogP contribution in [0.25, 0.3) is 0 Å². The molecule has 3 rings (SSSR count). The van der Waals surface area contributed by atoms with Gasteiger partial charge in [-0.3, -0.25) is 4.79 Å². The summed E-state index contributed by atoms with van der Waals surface area (Å²) < 4.78 is 0. The number of hydrogen-bond acceptors (Lipinski definition) is 3. The number of piperidine rings is 1. The van der Waals surface area contributed by atoms with Crippen LogP contribution < -0.4 is 21.3 Å². The lowest BCUT2D eigenvalue weighted by Gasteiger charge is -2.30. The molecule has 1 saturated heterocycles. The summed E-state index contributed by atoms with van der Waals surface area (Å²) in [7, 11) is 0. The number of rotatable bonds is 4. The first kappa shape index (κ1) is 20.7. The van der Waals surface area contributed by atoms with Crippen molar-refractivity contribution in [1.82, 2.24) is 10.6 Å². The number of amides is 3. The molecule has 0 bridgehead atoms. The number of hydrogen-bond donors (Lipinski definition) is 4. The summed E-state index contributed by atoms with van der Waals surface area (Å²) in [5.74, 6) is -0.0918. The van der Waals surface area contributed by atoms with Crippen molar-refractivity contribution >= 4 is 35.7 Å². The molecule has 0 spiro atoms. The van der Waals surface area contributed by atoms with Gasteiger partial charge in [0, 0.05) is 29.0 Å². The summed E-state index contributed by atoms with van der Waals surface area (Å²) in [6.07, 6.45) is 2.05. The van der Waals surface area contributed by atoms with Gasteiger partial charge in [0.25, 0.3) is 5.91 Å². The molecule has 0 aromatic heterocycles. The van der Waals surface area contributed by atoms with Crippen LogP contribution in [0.1, 0.15) is 30.1 Å². The zero-order valence-electron chi connectivity index (χ0n) is 15.2. The zero-order chi connectivity index (χ0) is 18.4. The van der Waals surface area contributed by atoms with Crippen molar-refractivity contribution in [3.05, 3.63) is 60.2 Å². The third-order valence-corrected chi connectivity index (χ3v) is 4.51. The summed E-state index contributed by atoms with van der Waals surface area (Å²) >= 11 is 0. The fourth-order valence-electron chi connectivity index (χ4n) is 3.01. The van der Waals surface area contributed by atoms with Crippen LogP contribution in [0.15, 0.2) is 54.6 Å². The van der Waals surface area contributed by atoms with Gasteiger partial charge in [-0.1, -0.05) is 18.2 Å². The average molecular weight is 389 g/mol. The molecule has 2 aromatic rings. The van der Waals surface area contributed by atoms with E-state index in [1.165, 1.54) is 0 Å². The second kappa shape index (κ2) is 9.94. The van der Waals surface area contributed by atoms with Crippen molar-refractivity contribution in [3.63, 3.8) is 0 Å². The van der Waals surface area contributed by atoms with Crippen LogP contribution >= 0.6 is 12.4 Å². The van der Waals surface area contributed by atoms with E-state index in [0.29, 0.717) is 11.3 Å². The number of para-hydroxylation sites is 1. The molecule has 1 aliphatic heterocycles. The first-order chi connectivity index (χ1) is 12.6. The highest BCUT2D eigenvalue weighted by Gasteiger charge is 2.22. The van der Waals surface area contributed by atoms with Gasteiger partial charge in [0.2, 0.25) is 0 Å². The Bertz CT molecular complexity index is 752. The lowest BCUT2D eigenvalue weighted by molar-refractivity contribution is 0.0920. The van der Waals surface area contributed by atoms with E-state index in [9.17, 15) is 9.59 Å². The van der Waals surface area contributed by atoms with Gasteiger partial charge in [-0.25, -0.2) is 4.79 Å². The summed E-state index contributed by atoms with van der Waals surface area (Å²) in [6, 6.07) is 16.2. The number of carbonyl (C=O) groups is 2. The minimum absolute atomic E-state index is 0. The third kappa shape index (κ3) is 5.98. The molecule has 0 aliphatic carbocycles. The second-order valence-corrected chi connectivity index (χ2v) is 6.49.